The Hall–Kier alpha value is -1.70. The van der Waals surface area contributed by atoms with Gasteiger partial charge >= 0.3 is 0 Å². The second-order valence-electron chi connectivity index (χ2n) is 7.94. The van der Waals surface area contributed by atoms with Crippen molar-refractivity contribution >= 4 is 12.0 Å². The Balaban J connectivity index is 1.55. The van der Waals surface area contributed by atoms with E-state index in [1.165, 1.54) is 0 Å². The molecule has 2 aliphatic heterocycles. The molecule has 28 heavy (non-hydrogen) atoms. The second kappa shape index (κ2) is 10.7. The third-order valence-electron chi connectivity index (χ3n) is 5.70. The molecule has 1 aromatic heterocycles. The zero-order valence-electron chi connectivity index (χ0n) is 17.3. The molecule has 3 heterocycles. The molecule has 0 spiro atoms. The lowest BCUT2D eigenvalue weighted by molar-refractivity contribution is -0.128. The van der Waals surface area contributed by atoms with Crippen molar-refractivity contribution in [1.29, 1.82) is 0 Å². The quantitative estimate of drug-likeness (QED) is 0.602. The van der Waals surface area contributed by atoms with E-state index in [0.717, 1.165) is 70.6 Å². The summed E-state index contributed by atoms with van der Waals surface area (Å²) in [5.41, 5.74) is 0.944. The van der Waals surface area contributed by atoms with Gasteiger partial charge in [-0.05, 0) is 50.8 Å². The van der Waals surface area contributed by atoms with Crippen LogP contribution in [0.4, 0.5) is 0 Å². The van der Waals surface area contributed by atoms with Gasteiger partial charge in [0.25, 0.3) is 0 Å². The summed E-state index contributed by atoms with van der Waals surface area (Å²) in [5.74, 6) is 0.622. The summed E-state index contributed by atoms with van der Waals surface area (Å²) in [6, 6.07) is 0. The van der Waals surface area contributed by atoms with E-state index in [1.807, 2.05) is 24.2 Å². The number of ether oxygens (including phenoxy) is 2. The third kappa shape index (κ3) is 6.43. The Bertz CT molecular complexity index is 631. The smallest absolute Gasteiger partial charge is 0.246 e. The fourth-order valence-electron chi connectivity index (χ4n) is 4.01. The molecule has 0 radical (unpaired) electrons. The normalized spacial score (nSPS) is 21.6. The first-order chi connectivity index (χ1) is 13.6. The number of amides is 1. The zero-order chi connectivity index (χ0) is 19.8. The maximum Gasteiger partial charge on any atom is 0.246 e. The first-order valence-corrected chi connectivity index (χ1v) is 10.4. The standard InChI is InChI=1S/C21H34N4O3/c1-23-15-19(14-22-23)5-6-21(26)25(17-20-4-3-12-28-20)16-18-7-9-24(10-8-18)11-13-27-2/h5-6,14-15,18,20H,3-4,7-13,16-17H2,1-2H3/b6-5+/t20-/m0/s1. The highest BCUT2D eigenvalue weighted by Gasteiger charge is 2.26. The lowest BCUT2D eigenvalue weighted by atomic mass is 9.96. The maximum absolute atomic E-state index is 12.9. The van der Waals surface area contributed by atoms with Crippen molar-refractivity contribution in [2.24, 2.45) is 13.0 Å². The van der Waals surface area contributed by atoms with Gasteiger partial charge in [0.15, 0.2) is 0 Å². The number of nitrogens with zero attached hydrogens (tertiary/aromatic N) is 4. The van der Waals surface area contributed by atoms with Crippen LogP contribution in [0.2, 0.25) is 0 Å². The Labute approximate surface area is 168 Å². The molecule has 3 rings (SSSR count). The van der Waals surface area contributed by atoms with E-state index in [9.17, 15) is 4.79 Å². The number of likely N-dealkylation sites (tertiary alicyclic amines) is 1. The van der Waals surface area contributed by atoms with Gasteiger partial charge in [0, 0.05) is 58.2 Å². The van der Waals surface area contributed by atoms with Crippen molar-refractivity contribution in [3.63, 3.8) is 0 Å². The number of hydrogen-bond donors (Lipinski definition) is 0. The summed E-state index contributed by atoms with van der Waals surface area (Å²) < 4.78 is 12.7. The minimum Gasteiger partial charge on any atom is -0.383 e. The van der Waals surface area contributed by atoms with Crippen molar-refractivity contribution in [3.05, 3.63) is 24.0 Å². The van der Waals surface area contributed by atoms with Crippen LogP contribution in [0.1, 0.15) is 31.2 Å². The SMILES string of the molecule is COCCN1CCC(CN(C[C@@H]2CCCO2)C(=O)/C=C/c2cnn(C)c2)CC1. The number of aromatic nitrogens is 2. The largest absolute Gasteiger partial charge is 0.383 e. The van der Waals surface area contributed by atoms with Crippen molar-refractivity contribution < 1.29 is 14.3 Å². The molecule has 0 N–H and O–H groups in total. The van der Waals surface area contributed by atoms with Crippen molar-refractivity contribution in [2.45, 2.75) is 31.8 Å². The lowest BCUT2D eigenvalue weighted by Crippen LogP contribution is -2.43. The first kappa shape index (κ1) is 21.0. The van der Waals surface area contributed by atoms with Crippen LogP contribution in [0.25, 0.3) is 6.08 Å². The highest BCUT2D eigenvalue weighted by atomic mass is 16.5. The van der Waals surface area contributed by atoms with E-state index in [2.05, 4.69) is 10.00 Å². The molecule has 156 valence electrons. The summed E-state index contributed by atoms with van der Waals surface area (Å²) >= 11 is 0. The second-order valence-corrected chi connectivity index (χ2v) is 7.94. The van der Waals surface area contributed by atoms with Crippen LogP contribution in [0.3, 0.4) is 0 Å². The molecule has 1 aromatic rings. The van der Waals surface area contributed by atoms with Crippen molar-refractivity contribution in [2.75, 3.05) is 53.0 Å². The first-order valence-electron chi connectivity index (χ1n) is 10.4. The van der Waals surface area contributed by atoms with Crippen LogP contribution in [-0.2, 0) is 21.3 Å². The molecule has 0 saturated carbocycles. The van der Waals surface area contributed by atoms with Gasteiger partial charge in [0.05, 0.1) is 18.9 Å². The molecule has 2 aliphatic rings. The van der Waals surface area contributed by atoms with E-state index < -0.39 is 0 Å². The highest BCUT2D eigenvalue weighted by Crippen LogP contribution is 2.21. The minimum absolute atomic E-state index is 0.0705. The number of aryl methyl sites for hydroxylation is 1. The molecule has 1 atom stereocenters. The topological polar surface area (TPSA) is 59.8 Å². The fourth-order valence-corrected chi connectivity index (χ4v) is 4.01. The van der Waals surface area contributed by atoms with Crippen molar-refractivity contribution in [1.82, 2.24) is 19.6 Å². The predicted octanol–water partition coefficient (Wildman–Crippen LogP) is 1.80. The summed E-state index contributed by atoms with van der Waals surface area (Å²) in [6.07, 6.45) is 11.8. The molecule has 7 nitrogen and oxygen atoms in total. The average Bonchev–Trinajstić information content (AvgIpc) is 3.36. The Morgan fingerprint density at radius 3 is 2.82 bits per heavy atom. The molecule has 2 fully saturated rings. The van der Waals surface area contributed by atoms with Crippen LogP contribution in [0.5, 0.6) is 0 Å². The number of rotatable bonds is 9. The number of carbonyl (C=O) groups is 1. The summed E-state index contributed by atoms with van der Waals surface area (Å²) in [7, 11) is 3.63. The molecule has 7 heteroatoms. The van der Waals surface area contributed by atoms with E-state index in [1.54, 1.807) is 24.1 Å². The monoisotopic (exact) mass is 390 g/mol. The van der Waals surface area contributed by atoms with E-state index in [4.69, 9.17) is 9.47 Å². The molecule has 0 aromatic carbocycles. The number of carbonyl (C=O) groups excluding carboxylic acids is 1. The van der Waals surface area contributed by atoms with Gasteiger partial charge in [-0.3, -0.25) is 9.48 Å². The van der Waals surface area contributed by atoms with Crippen LogP contribution in [-0.4, -0.2) is 84.6 Å². The Morgan fingerprint density at radius 2 is 2.18 bits per heavy atom. The fraction of sp³-hybridized carbons (Fsp3) is 0.714. The molecule has 2 saturated heterocycles. The number of methoxy groups -OCH3 is 1. The Kier molecular flexibility index (Phi) is 8.06. The van der Waals surface area contributed by atoms with Gasteiger partial charge < -0.3 is 19.3 Å². The zero-order valence-corrected chi connectivity index (χ0v) is 17.3. The molecular formula is C21H34N4O3. The third-order valence-corrected chi connectivity index (χ3v) is 5.70. The maximum atomic E-state index is 12.9. The average molecular weight is 391 g/mol. The van der Waals surface area contributed by atoms with Gasteiger partial charge in [-0.2, -0.15) is 5.10 Å². The van der Waals surface area contributed by atoms with E-state index >= 15 is 0 Å². The van der Waals surface area contributed by atoms with Crippen molar-refractivity contribution in [3.8, 4) is 0 Å². The van der Waals surface area contributed by atoms with E-state index in [-0.39, 0.29) is 12.0 Å². The molecule has 0 bridgehead atoms. The van der Waals surface area contributed by atoms with Gasteiger partial charge in [0.2, 0.25) is 5.91 Å². The molecule has 0 aliphatic carbocycles. The number of hydrogen-bond acceptors (Lipinski definition) is 5. The van der Waals surface area contributed by atoms with E-state index in [0.29, 0.717) is 12.5 Å². The predicted molar refractivity (Wildman–Crippen MR) is 109 cm³/mol. The van der Waals surface area contributed by atoms with Crippen LogP contribution in [0, 0.1) is 5.92 Å². The van der Waals surface area contributed by atoms with Crippen LogP contribution >= 0.6 is 0 Å². The van der Waals surface area contributed by atoms with Gasteiger partial charge in [-0.1, -0.05) is 0 Å². The summed E-state index contributed by atoms with van der Waals surface area (Å²) in [6.45, 7) is 6.27. The molecule has 0 unspecified atom stereocenters. The van der Waals surface area contributed by atoms with Crippen LogP contribution < -0.4 is 0 Å². The van der Waals surface area contributed by atoms with Crippen LogP contribution in [0.15, 0.2) is 18.5 Å². The molecular weight excluding hydrogens is 356 g/mol. The summed E-state index contributed by atoms with van der Waals surface area (Å²) in [4.78, 5) is 17.4. The Morgan fingerprint density at radius 1 is 1.36 bits per heavy atom. The highest BCUT2D eigenvalue weighted by molar-refractivity contribution is 5.91. The van der Waals surface area contributed by atoms with Gasteiger partial charge in [-0.15, -0.1) is 0 Å². The van der Waals surface area contributed by atoms with Gasteiger partial charge in [0.1, 0.15) is 0 Å². The van der Waals surface area contributed by atoms with Gasteiger partial charge in [-0.25, -0.2) is 0 Å². The number of piperidine rings is 1. The molecule has 1 amide bonds. The summed E-state index contributed by atoms with van der Waals surface area (Å²) in [5, 5.41) is 4.15. The lowest BCUT2D eigenvalue weighted by Gasteiger charge is -2.35. The minimum atomic E-state index is 0.0705.